The van der Waals surface area contributed by atoms with Crippen molar-refractivity contribution in [3.05, 3.63) is 65.9 Å². The molecule has 1 saturated carbocycles. The van der Waals surface area contributed by atoms with Crippen LogP contribution in [0.3, 0.4) is 0 Å². The van der Waals surface area contributed by atoms with Gasteiger partial charge >= 0.3 is 0 Å². The molecule has 0 unspecified atom stereocenters. The van der Waals surface area contributed by atoms with Crippen LogP contribution in [0, 0.1) is 0 Å². The first-order chi connectivity index (χ1) is 14.6. The molecule has 156 valence electrons. The van der Waals surface area contributed by atoms with Crippen molar-refractivity contribution < 1.29 is 15.0 Å². The number of carbonyl (C=O) groups excluding carboxylic acids is 1. The van der Waals surface area contributed by atoms with Gasteiger partial charge in [0.15, 0.2) is 0 Å². The Labute approximate surface area is 175 Å². The van der Waals surface area contributed by atoms with Crippen LogP contribution in [0.25, 0.3) is 10.9 Å². The van der Waals surface area contributed by atoms with Gasteiger partial charge in [0.2, 0.25) is 5.95 Å². The maximum atomic E-state index is 12.8. The van der Waals surface area contributed by atoms with E-state index in [1.54, 1.807) is 18.3 Å². The maximum absolute atomic E-state index is 12.8. The average molecular weight is 406 g/mol. The molecule has 0 radical (unpaired) electrons. The molecule has 1 aliphatic carbocycles. The number of amides is 1. The van der Waals surface area contributed by atoms with Crippen LogP contribution in [0.15, 0.2) is 54.7 Å². The van der Waals surface area contributed by atoms with E-state index < -0.39 is 6.04 Å². The summed E-state index contributed by atoms with van der Waals surface area (Å²) in [6.45, 7) is -0.185. The second-order valence-electron chi connectivity index (χ2n) is 7.74. The van der Waals surface area contributed by atoms with E-state index in [9.17, 15) is 15.0 Å². The van der Waals surface area contributed by atoms with Gasteiger partial charge < -0.3 is 20.8 Å². The number of hydrogen-bond donors (Lipinski definition) is 4. The molecule has 2 aromatic carbocycles. The van der Waals surface area contributed by atoms with Gasteiger partial charge in [0.25, 0.3) is 5.91 Å². The molecule has 4 N–H and O–H groups in total. The summed E-state index contributed by atoms with van der Waals surface area (Å²) in [5, 5.41) is 26.4. The Bertz CT molecular complexity index is 1000. The first-order valence-corrected chi connectivity index (χ1v) is 10.3. The highest BCUT2D eigenvalue weighted by atomic mass is 16.3. The molecule has 7 nitrogen and oxygen atoms in total. The lowest BCUT2D eigenvalue weighted by Gasteiger charge is -2.26. The summed E-state index contributed by atoms with van der Waals surface area (Å²) in [6.07, 6.45) is 4.86. The number of anilines is 1. The lowest BCUT2D eigenvalue weighted by atomic mass is 9.93. The van der Waals surface area contributed by atoms with Gasteiger partial charge in [-0.05, 0) is 43.4 Å². The summed E-state index contributed by atoms with van der Waals surface area (Å²) in [5.74, 6) is 0.258. The molecular formula is C23H26N4O3. The molecule has 3 aromatic rings. The van der Waals surface area contributed by atoms with Crippen LogP contribution < -0.4 is 10.6 Å². The minimum Gasteiger partial charge on any atom is -0.394 e. The summed E-state index contributed by atoms with van der Waals surface area (Å²) in [4.78, 5) is 21.7. The molecule has 1 heterocycles. The fraction of sp³-hybridized carbons (Fsp3) is 0.348. The lowest BCUT2D eigenvalue weighted by molar-refractivity contribution is 0.0916. The fourth-order valence-electron chi connectivity index (χ4n) is 3.80. The van der Waals surface area contributed by atoms with Crippen molar-refractivity contribution in [2.45, 2.75) is 43.9 Å². The van der Waals surface area contributed by atoms with Gasteiger partial charge in [0.1, 0.15) is 0 Å². The van der Waals surface area contributed by atoms with Crippen molar-refractivity contribution in [1.82, 2.24) is 15.3 Å². The van der Waals surface area contributed by atoms with Crippen molar-refractivity contribution >= 4 is 22.8 Å². The van der Waals surface area contributed by atoms with Crippen molar-refractivity contribution in [1.29, 1.82) is 0 Å². The number of carbonyl (C=O) groups is 1. The zero-order valence-corrected chi connectivity index (χ0v) is 16.7. The minimum absolute atomic E-state index is 0.185. The molecule has 4 rings (SSSR count). The summed E-state index contributed by atoms with van der Waals surface area (Å²) < 4.78 is 0. The third-order valence-electron chi connectivity index (χ3n) is 5.56. The quantitative estimate of drug-likeness (QED) is 0.501. The maximum Gasteiger partial charge on any atom is 0.251 e. The van der Waals surface area contributed by atoms with Gasteiger partial charge in [-0.3, -0.25) is 4.79 Å². The normalized spacial score (nSPS) is 19.9. The monoisotopic (exact) mass is 406 g/mol. The smallest absolute Gasteiger partial charge is 0.251 e. The van der Waals surface area contributed by atoms with E-state index in [-0.39, 0.29) is 24.7 Å². The van der Waals surface area contributed by atoms with E-state index in [0.29, 0.717) is 17.0 Å². The number of aliphatic hydroxyl groups is 2. The number of aliphatic hydroxyl groups excluding tert-OH is 2. The number of hydrogen-bond acceptors (Lipinski definition) is 6. The number of nitrogens with zero attached hydrogens (tertiary/aromatic N) is 2. The summed E-state index contributed by atoms with van der Waals surface area (Å²) in [5.41, 5.74) is 2.00. The van der Waals surface area contributed by atoms with E-state index in [2.05, 4.69) is 20.6 Å². The Morgan fingerprint density at radius 1 is 1.10 bits per heavy atom. The summed E-state index contributed by atoms with van der Waals surface area (Å²) >= 11 is 0. The van der Waals surface area contributed by atoms with Crippen LogP contribution in [0.2, 0.25) is 0 Å². The first-order valence-electron chi connectivity index (χ1n) is 10.3. The zero-order valence-electron chi connectivity index (χ0n) is 16.7. The van der Waals surface area contributed by atoms with Gasteiger partial charge in [0.05, 0.1) is 24.3 Å². The Kier molecular flexibility index (Phi) is 6.21. The molecule has 0 aliphatic heterocycles. The topological polar surface area (TPSA) is 107 Å². The van der Waals surface area contributed by atoms with Crippen LogP contribution in [0.4, 0.5) is 5.95 Å². The van der Waals surface area contributed by atoms with E-state index >= 15 is 0 Å². The van der Waals surface area contributed by atoms with E-state index in [1.807, 2.05) is 36.4 Å². The molecule has 1 aliphatic rings. The Morgan fingerprint density at radius 2 is 1.87 bits per heavy atom. The standard InChI is InChI=1S/C23H26N4O3/c28-14-21(15-4-2-1-3-5-15)26-22(30)16-6-7-17-13-24-23(27-20(17)12-16)25-18-8-10-19(29)11-9-18/h1-7,12-13,18-19,21,28-29H,8-11,14H2,(H,26,30)(H,24,25,27)/t18-,19-,21-/m1/s1. The molecule has 1 atom stereocenters. The number of fused-ring (bicyclic) bond motifs is 1. The van der Waals surface area contributed by atoms with Gasteiger partial charge in [-0.1, -0.05) is 36.4 Å². The first kappa shape index (κ1) is 20.3. The van der Waals surface area contributed by atoms with Gasteiger partial charge in [-0.15, -0.1) is 0 Å². The van der Waals surface area contributed by atoms with E-state index in [1.165, 1.54) is 0 Å². The number of aromatic nitrogens is 2. The van der Waals surface area contributed by atoms with Gasteiger partial charge in [-0.2, -0.15) is 0 Å². The number of rotatable bonds is 6. The molecule has 7 heteroatoms. The third-order valence-corrected chi connectivity index (χ3v) is 5.56. The Balaban J connectivity index is 1.49. The molecule has 1 aromatic heterocycles. The van der Waals surface area contributed by atoms with Crippen LogP contribution >= 0.6 is 0 Å². The lowest BCUT2D eigenvalue weighted by Crippen LogP contribution is -2.30. The highest BCUT2D eigenvalue weighted by Crippen LogP contribution is 2.22. The highest BCUT2D eigenvalue weighted by Gasteiger charge is 2.20. The number of nitrogens with one attached hydrogen (secondary N) is 2. The molecule has 0 saturated heterocycles. The van der Waals surface area contributed by atoms with E-state index in [4.69, 9.17) is 0 Å². The second-order valence-corrected chi connectivity index (χ2v) is 7.74. The van der Waals surface area contributed by atoms with Crippen LogP contribution in [0.1, 0.15) is 47.6 Å². The second kappa shape index (κ2) is 9.19. The van der Waals surface area contributed by atoms with Crippen LogP contribution in [-0.4, -0.2) is 44.8 Å². The molecule has 1 amide bonds. The van der Waals surface area contributed by atoms with Gasteiger partial charge in [-0.25, -0.2) is 9.97 Å². The Morgan fingerprint density at radius 3 is 2.60 bits per heavy atom. The van der Waals surface area contributed by atoms with Crippen molar-refractivity contribution in [3.63, 3.8) is 0 Å². The van der Waals surface area contributed by atoms with Crippen molar-refractivity contribution in [2.75, 3.05) is 11.9 Å². The van der Waals surface area contributed by atoms with Crippen LogP contribution in [0.5, 0.6) is 0 Å². The Hall–Kier alpha value is -3.03. The zero-order chi connectivity index (χ0) is 20.9. The molecule has 30 heavy (non-hydrogen) atoms. The summed E-state index contributed by atoms with van der Waals surface area (Å²) in [6, 6.07) is 14.4. The van der Waals surface area contributed by atoms with E-state index in [0.717, 1.165) is 36.6 Å². The van der Waals surface area contributed by atoms with Crippen molar-refractivity contribution in [2.24, 2.45) is 0 Å². The van der Waals surface area contributed by atoms with Crippen molar-refractivity contribution in [3.8, 4) is 0 Å². The average Bonchev–Trinajstić information content (AvgIpc) is 2.79. The molecule has 0 bridgehead atoms. The largest absolute Gasteiger partial charge is 0.394 e. The molecular weight excluding hydrogens is 380 g/mol. The third kappa shape index (κ3) is 4.75. The predicted molar refractivity (Wildman–Crippen MR) is 115 cm³/mol. The number of benzene rings is 2. The SMILES string of the molecule is O=C(N[C@H](CO)c1ccccc1)c1ccc2cnc(N[C@H]3CC[C@H](O)CC3)nc2c1. The molecule has 0 spiro atoms. The highest BCUT2D eigenvalue weighted by molar-refractivity contribution is 5.98. The predicted octanol–water partition coefficient (Wildman–Crippen LogP) is 2.81. The summed E-state index contributed by atoms with van der Waals surface area (Å²) in [7, 11) is 0. The molecule has 1 fully saturated rings. The van der Waals surface area contributed by atoms with Crippen LogP contribution in [-0.2, 0) is 0 Å². The fourth-order valence-corrected chi connectivity index (χ4v) is 3.80. The minimum atomic E-state index is -0.473. The van der Waals surface area contributed by atoms with Gasteiger partial charge in [0, 0.05) is 23.2 Å².